The van der Waals surface area contributed by atoms with Crippen LogP contribution in [0.15, 0.2) is 152 Å². The maximum Gasteiger partial charge on any atom is 0.153 e. The fourth-order valence-electron chi connectivity index (χ4n) is 7.84. The molecule has 52 heavy (non-hydrogen) atoms. The molecule has 0 aliphatic carbocycles. The van der Waals surface area contributed by atoms with Gasteiger partial charge in [0.1, 0.15) is 40.6 Å². The van der Waals surface area contributed by atoms with E-state index in [4.69, 9.17) is 4.98 Å². The Kier molecular flexibility index (Phi) is 7.51. The Morgan fingerprint density at radius 1 is 0.423 bits per heavy atom. The van der Waals surface area contributed by atoms with Gasteiger partial charge in [0.2, 0.25) is 0 Å². The average molecular weight is 666 g/mol. The Labute approximate surface area is 304 Å². The number of fused-ring (bicyclic) bond motifs is 3. The molecule has 0 saturated heterocycles. The van der Waals surface area contributed by atoms with Crippen molar-refractivity contribution in [1.29, 1.82) is 0 Å². The number of aromatic nitrogens is 2. The lowest BCUT2D eigenvalue weighted by Crippen LogP contribution is -2.39. The molecule has 0 aliphatic rings. The van der Waals surface area contributed by atoms with E-state index in [0.717, 1.165) is 71.3 Å². The quantitative estimate of drug-likeness (QED) is 0.170. The third-order valence-electron chi connectivity index (χ3n) is 10.7. The molecule has 0 radical (unpaired) electrons. The molecule has 0 aliphatic heterocycles. The van der Waals surface area contributed by atoms with Crippen molar-refractivity contribution >= 4 is 72.5 Å². The summed E-state index contributed by atoms with van der Waals surface area (Å²) in [6.07, 6.45) is 0. The van der Waals surface area contributed by atoms with Crippen LogP contribution in [0, 0.1) is 0 Å². The summed E-state index contributed by atoms with van der Waals surface area (Å²) in [4.78, 5) is 5.08. The van der Waals surface area contributed by atoms with Crippen molar-refractivity contribution in [2.24, 2.45) is 0 Å². The maximum absolute atomic E-state index is 11.6. The van der Waals surface area contributed by atoms with Gasteiger partial charge in [0.05, 0.1) is 16.7 Å². The molecule has 9 rings (SSSR count). The molecule has 0 atom stereocenters. The SMILES string of the molecule is Bc1c(B)c(O)c(-c2nc3ccccc3n2-c2ccccc2-c2c3ccccc3c(-c3ccc(-c4ccccc4)cc3)c3ccccc23)c(O)c1B. The van der Waals surface area contributed by atoms with E-state index in [1.807, 2.05) is 59.9 Å². The number of phenols is 2. The summed E-state index contributed by atoms with van der Waals surface area (Å²) in [5.41, 5.74) is 12.0. The first-order chi connectivity index (χ1) is 25.4. The standard InChI is InChI=1S/C45H33B3N2O2/c46-40-41(47)43(51)39(44(52)42(40)48)45-49-34-19-9-11-21-36(34)50(45)35-20-10-8-18-33(35)38-31-16-6-4-14-29(31)37(30-15-5-7-17-32(30)38)28-24-22-27(23-25-28)26-12-2-1-3-13-26/h1-25,51-52H,46-48H2. The molecule has 1 heterocycles. The topological polar surface area (TPSA) is 58.3 Å². The molecule has 8 aromatic carbocycles. The van der Waals surface area contributed by atoms with Crippen molar-refractivity contribution < 1.29 is 10.2 Å². The van der Waals surface area contributed by atoms with Gasteiger partial charge in [-0.15, -0.1) is 0 Å². The number of phenolic OH excluding ortho intramolecular Hbond substituents is 2. The van der Waals surface area contributed by atoms with Gasteiger partial charge in [-0.25, -0.2) is 4.98 Å². The van der Waals surface area contributed by atoms with Gasteiger partial charge in [0, 0.05) is 5.56 Å². The summed E-state index contributed by atoms with van der Waals surface area (Å²) in [6, 6.07) is 53.1. The van der Waals surface area contributed by atoms with Crippen LogP contribution in [-0.2, 0) is 0 Å². The van der Waals surface area contributed by atoms with Crippen LogP contribution in [0.5, 0.6) is 11.5 Å². The fraction of sp³-hybridized carbons (Fsp3) is 0. The molecule has 0 fully saturated rings. The lowest BCUT2D eigenvalue weighted by atomic mass is 9.70. The summed E-state index contributed by atoms with van der Waals surface area (Å²) in [5, 5.41) is 27.8. The second kappa shape index (κ2) is 12.4. The van der Waals surface area contributed by atoms with E-state index in [1.165, 1.54) is 16.7 Å². The fourth-order valence-corrected chi connectivity index (χ4v) is 7.84. The average Bonchev–Trinajstić information content (AvgIpc) is 3.57. The minimum absolute atomic E-state index is 0.0353. The summed E-state index contributed by atoms with van der Waals surface area (Å²) in [7, 11) is 5.69. The predicted molar refractivity (Wildman–Crippen MR) is 226 cm³/mol. The highest BCUT2D eigenvalue weighted by atomic mass is 16.3. The third-order valence-corrected chi connectivity index (χ3v) is 10.7. The van der Waals surface area contributed by atoms with Crippen LogP contribution in [0.1, 0.15) is 0 Å². The smallest absolute Gasteiger partial charge is 0.153 e. The monoisotopic (exact) mass is 666 g/mol. The summed E-state index contributed by atoms with van der Waals surface area (Å²) >= 11 is 0. The van der Waals surface area contributed by atoms with Crippen LogP contribution in [0.25, 0.3) is 83.0 Å². The van der Waals surface area contributed by atoms with Gasteiger partial charge >= 0.3 is 0 Å². The van der Waals surface area contributed by atoms with Gasteiger partial charge < -0.3 is 10.2 Å². The first-order valence-electron chi connectivity index (χ1n) is 17.6. The van der Waals surface area contributed by atoms with Crippen molar-refractivity contribution in [2.45, 2.75) is 0 Å². The summed E-state index contributed by atoms with van der Waals surface area (Å²) in [6.45, 7) is 0. The number of imidazole rings is 1. The molecule has 0 bridgehead atoms. The van der Waals surface area contributed by atoms with Crippen LogP contribution in [-0.4, -0.2) is 43.3 Å². The molecule has 244 valence electrons. The molecule has 0 unspecified atom stereocenters. The lowest BCUT2D eigenvalue weighted by molar-refractivity contribution is 0.459. The maximum atomic E-state index is 11.6. The zero-order chi connectivity index (χ0) is 35.5. The zero-order valence-corrected chi connectivity index (χ0v) is 29.2. The van der Waals surface area contributed by atoms with Crippen LogP contribution in [0.3, 0.4) is 0 Å². The Morgan fingerprint density at radius 2 is 0.904 bits per heavy atom. The Hall–Kier alpha value is -6.46. The number of hydrogen-bond donors (Lipinski definition) is 2. The van der Waals surface area contributed by atoms with Crippen molar-refractivity contribution in [3.05, 3.63) is 152 Å². The number of aromatic hydroxyl groups is 2. The highest BCUT2D eigenvalue weighted by molar-refractivity contribution is 6.59. The molecule has 7 heteroatoms. The molecule has 2 N–H and O–H groups in total. The van der Waals surface area contributed by atoms with Crippen molar-refractivity contribution in [2.75, 3.05) is 0 Å². The Bertz CT molecular complexity index is 2760. The number of nitrogens with zero attached hydrogens (tertiary/aromatic N) is 2. The van der Waals surface area contributed by atoms with Gasteiger partial charge in [-0.2, -0.15) is 0 Å². The molecule has 1 aromatic heterocycles. The van der Waals surface area contributed by atoms with Gasteiger partial charge in [0.15, 0.2) is 5.82 Å². The number of hydrogen-bond acceptors (Lipinski definition) is 3. The molecule has 4 nitrogen and oxygen atoms in total. The van der Waals surface area contributed by atoms with E-state index in [1.54, 1.807) is 0 Å². The predicted octanol–water partition coefficient (Wildman–Crippen LogP) is 6.19. The zero-order valence-electron chi connectivity index (χ0n) is 29.2. The molecule has 0 saturated carbocycles. The summed E-state index contributed by atoms with van der Waals surface area (Å²) < 4.78 is 2.09. The minimum Gasteiger partial charge on any atom is -0.508 e. The highest BCUT2D eigenvalue weighted by Crippen LogP contribution is 2.46. The Morgan fingerprint density at radius 3 is 1.54 bits per heavy atom. The van der Waals surface area contributed by atoms with E-state index in [-0.39, 0.29) is 11.5 Å². The first-order valence-corrected chi connectivity index (χ1v) is 17.6. The molecule has 0 amide bonds. The number of rotatable bonds is 5. The van der Waals surface area contributed by atoms with E-state index in [0.29, 0.717) is 11.4 Å². The van der Waals surface area contributed by atoms with Crippen LogP contribution >= 0.6 is 0 Å². The Balaban J connectivity index is 1.34. The second-order valence-corrected chi connectivity index (χ2v) is 13.5. The van der Waals surface area contributed by atoms with Crippen LogP contribution in [0.2, 0.25) is 0 Å². The van der Waals surface area contributed by atoms with E-state index >= 15 is 0 Å². The minimum atomic E-state index is 0.0353. The van der Waals surface area contributed by atoms with Gasteiger partial charge in [-0.05, 0) is 67.6 Å². The second-order valence-electron chi connectivity index (χ2n) is 13.5. The van der Waals surface area contributed by atoms with Crippen molar-refractivity contribution in [3.63, 3.8) is 0 Å². The van der Waals surface area contributed by atoms with E-state index < -0.39 is 0 Å². The van der Waals surface area contributed by atoms with Crippen molar-refractivity contribution in [3.8, 4) is 62.0 Å². The van der Waals surface area contributed by atoms with Gasteiger partial charge in [0.25, 0.3) is 0 Å². The molecular weight excluding hydrogens is 633 g/mol. The highest BCUT2D eigenvalue weighted by Gasteiger charge is 2.26. The van der Waals surface area contributed by atoms with Crippen LogP contribution < -0.4 is 16.4 Å². The number of benzene rings is 8. The molecule has 0 spiro atoms. The van der Waals surface area contributed by atoms with Crippen molar-refractivity contribution in [1.82, 2.24) is 9.55 Å². The lowest BCUT2D eigenvalue weighted by Gasteiger charge is -2.22. The molecule has 9 aromatic rings. The van der Waals surface area contributed by atoms with Gasteiger partial charge in [-0.1, -0.05) is 150 Å². The summed E-state index contributed by atoms with van der Waals surface area (Å²) in [5.74, 6) is 0.555. The number of para-hydroxylation sites is 3. The first kappa shape index (κ1) is 31.5. The normalized spacial score (nSPS) is 11.5. The van der Waals surface area contributed by atoms with E-state index in [2.05, 4.69) is 120 Å². The van der Waals surface area contributed by atoms with E-state index in [9.17, 15) is 10.2 Å². The largest absolute Gasteiger partial charge is 0.508 e. The van der Waals surface area contributed by atoms with Gasteiger partial charge in [-0.3, -0.25) is 4.57 Å². The van der Waals surface area contributed by atoms with Crippen LogP contribution in [0.4, 0.5) is 0 Å². The molecular formula is C45H33B3N2O2. The third kappa shape index (κ3) is 4.85.